The zero-order valence-corrected chi connectivity index (χ0v) is 14.4. The van der Waals surface area contributed by atoms with Crippen molar-refractivity contribution in [2.45, 2.75) is 39.0 Å². The van der Waals surface area contributed by atoms with E-state index in [4.69, 9.17) is 5.84 Å². The molecule has 4 rings (SSSR count). The van der Waals surface area contributed by atoms with Crippen LogP contribution in [0.5, 0.6) is 0 Å². The number of nitrogen functional groups attached to an aromatic ring is 1. The van der Waals surface area contributed by atoms with Gasteiger partial charge in [-0.2, -0.15) is 4.68 Å². The quantitative estimate of drug-likeness (QED) is 0.840. The number of nitrogens with zero attached hydrogens (tertiary/aromatic N) is 4. The Morgan fingerprint density at radius 1 is 1.28 bits per heavy atom. The molecule has 8 heteroatoms. The van der Waals surface area contributed by atoms with E-state index in [2.05, 4.69) is 18.8 Å². The largest absolute Gasteiger partial charge is 0.355 e. The Hall–Kier alpha value is -2.38. The zero-order valence-electron chi connectivity index (χ0n) is 14.4. The maximum Gasteiger partial charge on any atom is 0.355 e. The van der Waals surface area contributed by atoms with E-state index >= 15 is 0 Å². The van der Waals surface area contributed by atoms with E-state index in [0.29, 0.717) is 22.1 Å². The van der Waals surface area contributed by atoms with Crippen LogP contribution in [0.1, 0.15) is 44.6 Å². The van der Waals surface area contributed by atoms with Gasteiger partial charge in [0.1, 0.15) is 0 Å². The van der Waals surface area contributed by atoms with Gasteiger partial charge < -0.3 is 10.7 Å². The van der Waals surface area contributed by atoms with Crippen molar-refractivity contribution in [3.63, 3.8) is 0 Å². The summed E-state index contributed by atoms with van der Waals surface area (Å²) in [4.78, 5) is 31.0. The van der Waals surface area contributed by atoms with Gasteiger partial charge in [-0.05, 0) is 37.0 Å². The second-order valence-corrected chi connectivity index (χ2v) is 7.49. The van der Waals surface area contributed by atoms with Crippen LogP contribution in [0.25, 0.3) is 5.65 Å². The summed E-state index contributed by atoms with van der Waals surface area (Å²) in [6.07, 6.45) is 3.81. The lowest BCUT2D eigenvalue weighted by Crippen LogP contribution is -2.44. The van der Waals surface area contributed by atoms with Gasteiger partial charge in [-0.1, -0.05) is 13.8 Å². The fraction of sp³-hybridized carbons (Fsp3) is 0.588. The molecule has 0 unspecified atom stereocenters. The Bertz CT molecular complexity index is 960. The van der Waals surface area contributed by atoms with Crippen LogP contribution in [0.2, 0.25) is 0 Å². The molecule has 0 amide bonds. The van der Waals surface area contributed by atoms with Gasteiger partial charge in [0.15, 0.2) is 17.3 Å². The van der Waals surface area contributed by atoms with Gasteiger partial charge in [0, 0.05) is 13.1 Å². The van der Waals surface area contributed by atoms with Crippen LogP contribution in [0.4, 0.5) is 10.2 Å². The molecule has 1 atom stereocenters. The number of hydrogen-bond donors (Lipinski definition) is 1. The first-order chi connectivity index (χ1) is 11.9. The molecule has 0 spiro atoms. The molecule has 7 nitrogen and oxygen atoms in total. The molecule has 25 heavy (non-hydrogen) atoms. The minimum atomic E-state index is -0.774. The van der Waals surface area contributed by atoms with Crippen molar-refractivity contribution in [1.82, 2.24) is 14.1 Å². The summed E-state index contributed by atoms with van der Waals surface area (Å²) in [5, 5.41) is 0. The molecule has 1 aliphatic carbocycles. The van der Waals surface area contributed by atoms with Crippen LogP contribution in [0, 0.1) is 17.7 Å². The molecule has 0 radical (unpaired) electrons. The number of halogens is 1. The van der Waals surface area contributed by atoms with Crippen molar-refractivity contribution < 1.29 is 4.39 Å². The first-order valence-corrected chi connectivity index (χ1v) is 8.76. The van der Waals surface area contributed by atoms with Crippen molar-refractivity contribution in [3.05, 3.63) is 38.4 Å². The lowest BCUT2D eigenvalue weighted by atomic mass is 9.95. The molecule has 2 fully saturated rings. The Balaban J connectivity index is 1.89. The van der Waals surface area contributed by atoms with Crippen LogP contribution in [0.15, 0.2) is 15.8 Å². The molecule has 3 heterocycles. The van der Waals surface area contributed by atoms with E-state index in [1.165, 1.54) is 0 Å². The second-order valence-electron chi connectivity index (χ2n) is 7.49. The Morgan fingerprint density at radius 3 is 2.60 bits per heavy atom. The topological polar surface area (TPSA) is 85.6 Å². The highest BCUT2D eigenvalue weighted by molar-refractivity contribution is 5.56. The monoisotopic (exact) mass is 347 g/mol. The number of anilines is 1. The Morgan fingerprint density at radius 2 is 2.00 bits per heavy atom. The van der Waals surface area contributed by atoms with E-state index in [9.17, 15) is 14.0 Å². The lowest BCUT2D eigenvalue weighted by molar-refractivity contribution is 0.422. The first kappa shape index (κ1) is 16.1. The van der Waals surface area contributed by atoms with Crippen molar-refractivity contribution in [1.29, 1.82) is 0 Å². The highest BCUT2D eigenvalue weighted by atomic mass is 19.1. The number of rotatable bonds is 3. The molecular formula is C17H22FN5O2. The molecule has 0 aromatic carbocycles. The summed E-state index contributed by atoms with van der Waals surface area (Å²) in [6, 6.07) is 0. The molecule has 0 bridgehead atoms. The van der Waals surface area contributed by atoms with Gasteiger partial charge in [0.2, 0.25) is 0 Å². The van der Waals surface area contributed by atoms with E-state index < -0.39 is 17.1 Å². The molecule has 2 aliphatic rings. The van der Waals surface area contributed by atoms with Crippen LogP contribution in [-0.2, 0) is 0 Å². The van der Waals surface area contributed by atoms with Gasteiger partial charge in [-0.3, -0.25) is 4.79 Å². The van der Waals surface area contributed by atoms with Gasteiger partial charge in [0.05, 0.1) is 11.8 Å². The standard InChI is InChI=1S/C17H22FN5O2/c1-9(2)11-5-6-21(7-11)14-12(18)8-22-15(20-14)13(10-3-4-10)16(24)23(19)17(22)25/h8-11H,3-7,19H2,1-2H3/t11-/m1/s1. The molecular weight excluding hydrogens is 325 g/mol. The number of aromatic nitrogens is 3. The van der Waals surface area contributed by atoms with Crippen molar-refractivity contribution in [3.8, 4) is 0 Å². The van der Waals surface area contributed by atoms with E-state index in [0.717, 1.165) is 42.9 Å². The third-order valence-electron chi connectivity index (χ3n) is 5.45. The molecule has 134 valence electrons. The highest BCUT2D eigenvalue weighted by Gasteiger charge is 2.33. The number of hydrogen-bond acceptors (Lipinski definition) is 5. The predicted octanol–water partition coefficient (Wildman–Crippen LogP) is 1.07. The molecule has 2 aromatic heterocycles. The van der Waals surface area contributed by atoms with Crippen LogP contribution in [-0.4, -0.2) is 27.2 Å². The minimum Gasteiger partial charge on any atom is -0.354 e. The van der Waals surface area contributed by atoms with E-state index in [1.807, 2.05) is 4.90 Å². The van der Waals surface area contributed by atoms with Gasteiger partial charge in [0.25, 0.3) is 5.56 Å². The van der Waals surface area contributed by atoms with Crippen molar-refractivity contribution >= 4 is 11.5 Å². The summed E-state index contributed by atoms with van der Waals surface area (Å²) in [5.41, 5.74) is -0.644. The molecule has 2 aromatic rings. The summed E-state index contributed by atoms with van der Waals surface area (Å²) in [5.74, 6) is 6.29. The third-order valence-corrected chi connectivity index (χ3v) is 5.45. The maximum atomic E-state index is 14.7. The normalized spacial score (nSPS) is 20.8. The molecule has 2 N–H and O–H groups in total. The summed E-state index contributed by atoms with van der Waals surface area (Å²) in [7, 11) is 0. The van der Waals surface area contributed by atoms with Crippen molar-refractivity contribution in [2.75, 3.05) is 23.8 Å². The third kappa shape index (κ3) is 2.51. The lowest BCUT2D eigenvalue weighted by Gasteiger charge is -2.20. The van der Waals surface area contributed by atoms with Crippen LogP contribution >= 0.6 is 0 Å². The summed E-state index contributed by atoms with van der Waals surface area (Å²) in [6.45, 7) is 5.77. The van der Waals surface area contributed by atoms with Gasteiger partial charge in [-0.25, -0.2) is 18.6 Å². The van der Waals surface area contributed by atoms with Gasteiger partial charge in [-0.15, -0.1) is 0 Å². The molecule has 1 aliphatic heterocycles. The second kappa shape index (κ2) is 5.57. The van der Waals surface area contributed by atoms with Crippen LogP contribution < -0.4 is 22.0 Å². The first-order valence-electron chi connectivity index (χ1n) is 8.76. The fourth-order valence-electron chi connectivity index (χ4n) is 3.68. The molecule has 1 saturated carbocycles. The minimum absolute atomic E-state index is 0.0469. The Kier molecular flexibility index (Phi) is 3.59. The average Bonchev–Trinajstić information content (AvgIpc) is 3.28. The maximum absolute atomic E-state index is 14.7. The zero-order chi connectivity index (χ0) is 17.9. The fourth-order valence-corrected chi connectivity index (χ4v) is 3.68. The highest BCUT2D eigenvalue weighted by Crippen LogP contribution is 2.40. The predicted molar refractivity (Wildman–Crippen MR) is 93.0 cm³/mol. The SMILES string of the molecule is CC(C)[C@@H]1CCN(c2nc3c(C4CC4)c(=O)n(N)c(=O)n3cc2F)C1. The average molecular weight is 347 g/mol. The Labute approximate surface area is 143 Å². The summed E-state index contributed by atoms with van der Waals surface area (Å²) < 4.78 is 16.3. The smallest absolute Gasteiger partial charge is 0.354 e. The number of fused-ring (bicyclic) bond motifs is 1. The van der Waals surface area contributed by atoms with Crippen molar-refractivity contribution in [2.24, 2.45) is 11.8 Å². The van der Waals surface area contributed by atoms with Crippen LogP contribution in [0.3, 0.4) is 0 Å². The number of nitrogens with two attached hydrogens (primary N) is 1. The van der Waals surface area contributed by atoms with E-state index in [-0.39, 0.29) is 17.4 Å². The summed E-state index contributed by atoms with van der Waals surface area (Å²) >= 11 is 0. The van der Waals surface area contributed by atoms with E-state index in [1.54, 1.807) is 0 Å². The molecule has 1 saturated heterocycles. The van der Waals surface area contributed by atoms with Gasteiger partial charge >= 0.3 is 5.69 Å².